The lowest BCUT2D eigenvalue weighted by molar-refractivity contribution is -0.605. The Balaban J connectivity index is 1.46. The Morgan fingerprint density at radius 3 is 2.33 bits per heavy atom. The molecule has 0 radical (unpaired) electrons. The van der Waals surface area contributed by atoms with Gasteiger partial charge < -0.3 is 33.6 Å². The van der Waals surface area contributed by atoms with Crippen LogP contribution in [0.25, 0.3) is 0 Å². The van der Waals surface area contributed by atoms with Crippen molar-refractivity contribution in [2.45, 2.75) is 36.9 Å². The minimum absolute atomic E-state index is 0.00317. The summed E-state index contributed by atoms with van der Waals surface area (Å²) in [7, 11) is -1.52. The topological polar surface area (TPSA) is 140 Å². The fourth-order valence-electron chi connectivity index (χ4n) is 5.49. The van der Waals surface area contributed by atoms with Crippen molar-refractivity contribution in [2.75, 3.05) is 66.8 Å². The molecule has 2 aliphatic rings. The number of ether oxygens (including phenoxy) is 6. The lowest BCUT2D eigenvalue weighted by atomic mass is 10.0. The van der Waals surface area contributed by atoms with Gasteiger partial charge >= 0.3 is 12.6 Å². The summed E-state index contributed by atoms with van der Waals surface area (Å²) < 4.78 is 88.6. The number of morpholine rings is 1. The summed E-state index contributed by atoms with van der Waals surface area (Å²) in [5.74, 6) is -0.400. The molecule has 1 saturated carbocycles. The number of hydrogen-bond donors (Lipinski definition) is 0. The molecule has 0 N–H and O–H groups in total. The highest BCUT2D eigenvalue weighted by molar-refractivity contribution is 7.89. The van der Waals surface area contributed by atoms with Gasteiger partial charge in [-0.2, -0.15) is 17.8 Å². The first-order valence-corrected chi connectivity index (χ1v) is 18.6. The van der Waals surface area contributed by atoms with Crippen LogP contribution in [0.5, 0.6) is 23.0 Å². The average molecular weight is 791 g/mol. The highest BCUT2D eigenvalue weighted by Crippen LogP contribution is 2.38. The van der Waals surface area contributed by atoms with Crippen molar-refractivity contribution < 1.29 is 55.1 Å². The summed E-state index contributed by atoms with van der Waals surface area (Å²) in [4.78, 5) is 15.7. The molecule has 5 rings (SSSR count). The zero-order valence-corrected chi connectivity index (χ0v) is 30.8. The van der Waals surface area contributed by atoms with Gasteiger partial charge in [-0.1, -0.05) is 29.3 Å². The largest absolute Gasteiger partial charge is 0.619 e. The smallest absolute Gasteiger partial charge is 0.387 e. The molecule has 0 bridgehead atoms. The van der Waals surface area contributed by atoms with Gasteiger partial charge in [0.05, 0.1) is 38.9 Å². The number of aromatic nitrogens is 1. The zero-order chi connectivity index (χ0) is 37.4. The van der Waals surface area contributed by atoms with Crippen molar-refractivity contribution >= 4 is 39.2 Å². The van der Waals surface area contributed by atoms with E-state index in [1.54, 1.807) is 0 Å². The Labute approximate surface area is 310 Å². The molecule has 3 aromatic rings. The number of sulfonamides is 1. The Bertz CT molecular complexity index is 1790. The molecule has 2 aromatic carbocycles. The molecular formula is C34H39Cl2F2N3O10S. The summed E-state index contributed by atoms with van der Waals surface area (Å²) >= 11 is 12.8. The number of hydrogen-bond acceptors (Lipinski definition) is 11. The van der Waals surface area contributed by atoms with Gasteiger partial charge in [-0.3, -0.25) is 9.69 Å². The number of halogens is 4. The molecular weight excluding hydrogens is 751 g/mol. The third-order valence-electron chi connectivity index (χ3n) is 8.52. The lowest BCUT2D eigenvalue weighted by Gasteiger charge is -2.30. The van der Waals surface area contributed by atoms with Gasteiger partial charge in [0.2, 0.25) is 10.0 Å². The van der Waals surface area contributed by atoms with E-state index < -0.39 is 35.3 Å². The lowest BCUT2D eigenvalue weighted by Crippen LogP contribution is -2.44. The van der Waals surface area contributed by atoms with E-state index in [4.69, 9.17) is 46.9 Å². The second kappa shape index (κ2) is 17.9. The number of rotatable bonds is 18. The predicted molar refractivity (Wildman–Crippen MR) is 185 cm³/mol. The monoisotopic (exact) mass is 789 g/mol. The predicted octanol–water partition coefficient (Wildman–Crippen LogP) is 4.88. The van der Waals surface area contributed by atoms with E-state index in [-0.39, 0.29) is 68.8 Å². The van der Waals surface area contributed by atoms with Crippen LogP contribution in [0, 0.1) is 11.1 Å². The molecule has 1 aliphatic carbocycles. The minimum Gasteiger partial charge on any atom is -0.619 e. The van der Waals surface area contributed by atoms with Gasteiger partial charge in [0.15, 0.2) is 35.4 Å². The van der Waals surface area contributed by atoms with Crippen LogP contribution in [0.15, 0.2) is 53.7 Å². The molecule has 284 valence electrons. The van der Waals surface area contributed by atoms with E-state index >= 15 is 0 Å². The molecule has 1 aliphatic heterocycles. The Hall–Kier alpha value is -3.67. The molecule has 0 unspecified atom stereocenters. The van der Waals surface area contributed by atoms with Crippen molar-refractivity contribution in [2.24, 2.45) is 5.92 Å². The molecule has 2 fully saturated rings. The molecule has 52 heavy (non-hydrogen) atoms. The Morgan fingerprint density at radius 1 is 1.02 bits per heavy atom. The van der Waals surface area contributed by atoms with E-state index in [2.05, 4.69) is 4.74 Å². The van der Waals surface area contributed by atoms with Crippen LogP contribution in [0.4, 0.5) is 8.78 Å². The SMILES string of the molecule is COc1ccc(S(=O)(=O)N(CCN2CCOCC2)CC(=O)O[C@@H](Cc2c(Cl)c[n+]([O-])cc2Cl)c2ccc(OC(F)F)c(OCC3CC3)c2)cc1OC. The van der Waals surface area contributed by atoms with Gasteiger partial charge in [0.25, 0.3) is 0 Å². The number of carbonyl (C=O) groups is 1. The minimum atomic E-state index is -4.31. The van der Waals surface area contributed by atoms with E-state index in [0.29, 0.717) is 43.3 Å². The zero-order valence-electron chi connectivity index (χ0n) is 28.5. The van der Waals surface area contributed by atoms with Crippen molar-refractivity contribution in [1.29, 1.82) is 0 Å². The molecule has 18 heteroatoms. The Kier molecular flexibility index (Phi) is 13.6. The molecule has 2 heterocycles. The second-order valence-electron chi connectivity index (χ2n) is 12.1. The fourth-order valence-corrected chi connectivity index (χ4v) is 7.48. The first-order valence-electron chi connectivity index (χ1n) is 16.4. The maximum absolute atomic E-state index is 14.1. The van der Waals surface area contributed by atoms with Gasteiger partial charge in [-0.05, 0) is 48.6 Å². The molecule has 0 amide bonds. The average Bonchev–Trinajstić information content (AvgIpc) is 3.95. The number of esters is 1. The quantitative estimate of drug-likeness (QED) is 0.0990. The van der Waals surface area contributed by atoms with Crippen LogP contribution >= 0.6 is 23.2 Å². The Morgan fingerprint density at radius 2 is 1.69 bits per heavy atom. The van der Waals surface area contributed by atoms with Gasteiger partial charge in [0.1, 0.15) is 22.7 Å². The summed E-state index contributed by atoms with van der Waals surface area (Å²) in [6.45, 7) is -1.22. The maximum Gasteiger partial charge on any atom is 0.387 e. The van der Waals surface area contributed by atoms with Crippen molar-refractivity contribution in [1.82, 2.24) is 9.21 Å². The van der Waals surface area contributed by atoms with Crippen LogP contribution < -0.4 is 23.7 Å². The van der Waals surface area contributed by atoms with Crippen LogP contribution in [0.2, 0.25) is 10.0 Å². The molecule has 1 saturated heterocycles. The van der Waals surface area contributed by atoms with E-state index in [0.717, 1.165) is 29.5 Å². The molecule has 13 nitrogen and oxygen atoms in total. The van der Waals surface area contributed by atoms with Crippen molar-refractivity contribution in [3.8, 4) is 23.0 Å². The highest BCUT2D eigenvalue weighted by Gasteiger charge is 2.32. The third kappa shape index (κ3) is 10.5. The first-order chi connectivity index (χ1) is 24.9. The summed E-state index contributed by atoms with van der Waals surface area (Å²) in [6, 6.07) is 8.18. The summed E-state index contributed by atoms with van der Waals surface area (Å²) in [6.07, 6.45) is 2.66. The number of nitrogens with zero attached hydrogens (tertiary/aromatic N) is 3. The van der Waals surface area contributed by atoms with Gasteiger partial charge in [-0.25, -0.2) is 8.42 Å². The van der Waals surface area contributed by atoms with E-state index in [1.807, 2.05) is 4.90 Å². The number of alkyl halides is 2. The van der Waals surface area contributed by atoms with Gasteiger partial charge in [-0.15, -0.1) is 0 Å². The number of carbonyl (C=O) groups excluding carboxylic acids is 1. The van der Waals surface area contributed by atoms with Crippen LogP contribution in [0.1, 0.15) is 30.1 Å². The third-order valence-corrected chi connectivity index (χ3v) is 11.0. The van der Waals surface area contributed by atoms with Crippen LogP contribution in [-0.2, 0) is 30.7 Å². The molecule has 1 aromatic heterocycles. The number of pyridine rings is 1. The van der Waals surface area contributed by atoms with Crippen LogP contribution in [-0.4, -0.2) is 97.0 Å². The summed E-state index contributed by atoms with van der Waals surface area (Å²) in [5.41, 5.74) is 0.540. The van der Waals surface area contributed by atoms with Gasteiger partial charge in [0, 0.05) is 44.2 Å². The number of methoxy groups -OCH3 is 2. The van der Waals surface area contributed by atoms with E-state index in [9.17, 15) is 27.2 Å². The normalized spacial score (nSPS) is 15.8. The second-order valence-corrected chi connectivity index (χ2v) is 14.9. The summed E-state index contributed by atoms with van der Waals surface area (Å²) in [5, 5.41) is 11.9. The fraction of sp³-hybridized carbons (Fsp3) is 0.471. The van der Waals surface area contributed by atoms with Crippen molar-refractivity contribution in [3.63, 3.8) is 0 Å². The number of benzene rings is 2. The molecule has 1 atom stereocenters. The van der Waals surface area contributed by atoms with Crippen LogP contribution in [0.3, 0.4) is 0 Å². The van der Waals surface area contributed by atoms with Crippen molar-refractivity contribution in [3.05, 3.63) is 75.2 Å². The first kappa shape index (κ1) is 39.5. The highest BCUT2D eigenvalue weighted by atomic mass is 35.5. The maximum atomic E-state index is 14.1. The standard InChI is InChI=1S/C34H39Cl2F2N3O10S/c1-46-28-8-6-24(16-31(28)47-2)52(44,45)41(10-9-39-11-13-48-14-12-39)20-33(42)50-30(17-25-26(35)18-40(43)19-27(25)36)23-5-7-29(51-34(37)38)32(15-23)49-21-22-3-4-22/h5-8,15-16,18-19,22,30,34H,3-4,9-14,17,20-21H2,1-2H3/t30-/m0/s1. The van der Waals surface area contributed by atoms with E-state index in [1.165, 1.54) is 50.6 Å². The molecule has 0 spiro atoms.